The second-order valence-corrected chi connectivity index (χ2v) is 9.54. The number of nitrogens with one attached hydrogen (secondary N) is 3. The lowest BCUT2D eigenvalue weighted by Gasteiger charge is -2.29. The van der Waals surface area contributed by atoms with Crippen molar-refractivity contribution in [2.45, 2.75) is 63.6 Å². The topological polar surface area (TPSA) is 149 Å². The summed E-state index contributed by atoms with van der Waals surface area (Å²) in [6, 6.07) is 5.54. The molecule has 2 aliphatic heterocycles. The maximum atomic E-state index is 13.2. The van der Waals surface area contributed by atoms with Gasteiger partial charge in [-0.15, -0.1) is 0 Å². The first kappa shape index (κ1) is 24.6. The summed E-state index contributed by atoms with van der Waals surface area (Å²) in [6.07, 6.45) is 7.83. The molecule has 2 fully saturated rings. The van der Waals surface area contributed by atoms with Gasteiger partial charge in [0.2, 0.25) is 5.91 Å². The van der Waals surface area contributed by atoms with Crippen molar-refractivity contribution in [2.75, 3.05) is 28.7 Å². The van der Waals surface area contributed by atoms with Gasteiger partial charge in [0.25, 0.3) is 0 Å². The molecule has 1 unspecified atom stereocenters. The Balaban J connectivity index is 1.31. The molecule has 1 aliphatic carbocycles. The number of carbonyl (C=O) groups is 3. The highest BCUT2D eigenvalue weighted by Gasteiger charge is 2.28. The number of hydrogen-bond acceptors (Lipinski definition) is 8. The quantitative estimate of drug-likeness (QED) is 0.488. The van der Waals surface area contributed by atoms with Gasteiger partial charge in [0.05, 0.1) is 11.3 Å². The van der Waals surface area contributed by atoms with Gasteiger partial charge in [-0.05, 0) is 56.6 Å². The van der Waals surface area contributed by atoms with E-state index in [1.54, 1.807) is 6.07 Å². The Bertz CT molecular complexity index is 1250. The number of hydrogen-bond donors (Lipinski definition) is 3. The molecule has 2 aromatic rings. The Morgan fingerprint density at radius 1 is 1.22 bits per heavy atom. The first-order valence-electron chi connectivity index (χ1n) is 12.7. The minimum absolute atomic E-state index is 0.158. The van der Waals surface area contributed by atoms with E-state index in [2.05, 4.69) is 32.0 Å². The highest BCUT2D eigenvalue weighted by Crippen LogP contribution is 2.29. The number of urea groups is 1. The van der Waals surface area contributed by atoms with Gasteiger partial charge in [-0.2, -0.15) is 5.26 Å². The van der Waals surface area contributed by atoms with E-state index in [0.29, 0.717) is 66.8 Å². The summed E-state index contributed by atoms with van der Waals surface area (Å²) in [6.45, 7) is 1.17. The molecule has 11 heteroatoms. The third-order valence-electron chi connectivity index (χ3n) is 7.03. The fourth-order valence-electron chi connectivity index (χ4n) is 4.76. The van der Waals surface area contributed by atoms with Crippen molar-refractivity contribution in [3.05, 3.63) is 40.7 Å². The zero-order valence-electron chi connectivity index (χ0n) is 20.5. The van der Waals surface area contributed by atoms with Crippen molar-refractivity contribution in [3.63, 3.8) is 0 Å². The van der Waals surface area contributed by atoms with Crippen molar-refractivity contribution < 1.29 is 19.1 Å². The lowest BCUT2D eigenvalue weighted by atomic mass is 9.93. The van der Waals surface area contributed by atoms with Crippen molar-refractivity contribution in [1.29, 1.82) is 5.26 Å². The molecule has 192 valence electrons. The lowest BCUT2D eigenvalue weighted by molar-refractivity contribution is -0.130. The molecular formula is C26H29N7O4. The summed E-state index contributed by atoms with van der Waals surface area (Å²) in [5.41, 5.74) is 2.67. The Labute approximate surface area is 214 Å². The Morgan fingerprint density at radius 2 is 2.08 bits per heavy atom. The smallest absolute Gasteiger partial charge is 0.328 e. The Morgan fingerprint density at radius 3 is 2.78 bits per heavy atom. The number of nitriles is 1. The largest absolute Gasteiger partial charge is 0.381 e. The van der Waals surface area contributed by atoms with E-state index in [0.717, 1.165) is 37.7 Å². The molecule has 3 N–H and O–H groups in total. The summed E-state index contributed by atoms with van der Waals surface area (Å²) < 4.78 is 5.41. The Kier molecular flexibility index (Phi) is 7.28. The van der Waals surface area contributed by atoms with Gasteiger partial charge < -0.3 is 15.4 Å². The van der Waals surface area contributed by atoms with Gasteiger partial charge in [0.1, 0.15) is 29.5 Å². The average molecular weight is 504 g/mol. The summed E-state index contributed by atoms with van der Waals surface area (Å²) >= 11 is 0. The Hall–Kier alpha value is -4.04. The molecular weight excluding hydrogens is 474 g/mol. The van der Waals surface area contributed by atoms with Crippen molar-refractivity contribution in [3.8, 4) is 6.07 Å². The van der Waals surface area contributed by atoms with E-state index in [4.69, 9.17) is 4.74 Å². The molecule has 4 heterocycles. The number of anilines is 3. The van der Waals surface area contributed by atoms with E-state index in [-0.39, 0.29) is 18.1 Å². The van der Waals surface area contributed by atoms with Crippen LogP contribution >= 0.6 is 0 Å². The van der Waals surface area contributed by atoms with Gasteiger partial charge in [-0.25, -0.2) is 14.8 Å². The molecule has 0 radical (unpaired) electrons. The maximum absolute atomic E-state index is 13.2. The van der Waals surface area contributed by atoms with Crippen LogP contribution in [0.25, 0.3) is 0 Å². The number of amides is 3. The number of pyridine rings is 2. The minimum Gasteiger partial charge on any atom is -0.381 e. The number of aryl methyl sites for hydroxylation is 1. The first-order valence-corrected chi connectivity index (χ1v) is 12.7. The zero-order chi connectivity index (χ0) is 25.8. The van der Waals surface area contributed by atoms with Gasteiger partial charge in [-0.1, -0.05) is 0 Å². The normalized spacial score (nSPS) is 18.8. The summed E-state index contributed by atoms with van der Waals surface area (Å²) in [5, 5.41) is 18.4. The molecule has 0 aromatic carbocycles. The minimum atomic E-state index is -0.454. The fraction of sp³-hybridized carbons (Fsp3) is 0.462. The summed E-state index contributed by atoms with van der Waals surface area (Å²) in [7, 11) is 0. The van der Waals surface area contributed by atoms with Crippen LogP contribution in [0, 0.1) is 11.3 Å². The molecule has 1 saturated heterocycles. The number of rotatable bonds is 7. The number of nitrogens with zero attached hydrogens (tertiary/aromatic N) is 4. The molecule has 5 rings (SSSR count). The van der Waals surface area contributed by atoms with E-state index in [1.807, 2.05) is 6.07 Å². The van der Waals surface area contributed by atoms with Crippen molar-refractivity contribution in [1.82, 2.24) is 15.3 Å². The maximum Gasteiger partial charge on any atom is 0.328 e. The first-order chi connectivity index (χ1) is 18.1. The molecule has 11 nitrogen and oxygen atoms in total. The van der Waals surface area contributed by atoms with Crippen LogP contribution in [0.15, 0.2) is 18.3 Å². The molecule has 1 atom stereocenters. The third kappa shape index (κ3) is 5.39. The SMILES string of the molecule is N#Cc1cnc(NC(=O)N2CCCc3cc(CNC(=O)C4CCCO4)c(C=O)nc32)cc1NC1CCC1. The number of aldehydes is 1. The van der Waals surface area contributed by atoms with Gasteiger partial charge in [-0.3, -0.25) is 19.8 Å². The van der Waals surface area contributed by atoms with Gasteiger partial charge >= 0.3 is 6.03 Å². The van der Waals surface area contributed by atoms with Crippen LogP contribution in [0.1, 0.15) is 65.7 Å². The van der Waals surface area contributed by atoms with E-state index >= 15 is 0 Å². The van der Waals surface area contributed by atoms with Crippen LogP contribution in [-0.2, 0) is 22.5 Å². The number of ether oxygens (including phenoxy) is 1. The predicted octanol–water partition coefficient (Wildman–Crippen LogP) is 2.91. The number of aromatic nitrogens is 2. The van der Waals surface area contributed by atoms with E-state index in [1.165, 1.54) is 11.1 Å². The molecule has 0 bridgehead atoms. The molecule has 3 aliphatic rings. The number of carbonyl (C=O) groups excluding carboxylic acids is 3. The van der Waals surface area contributed by atoms with Crippen LogP contribution in [0.5, 0.6) is 0 Å². The zero-order valence-corrected chi connectivity index (χ0v) is 20.5. The molecule has 1 saturated carbocycles. The summed E-state index contributed by atoms with van der Waals surface area (Å²) in [5.74, 6) is 0.540. The van der Waals surface area contributed by atoms with Crippen molar-refractivity contribution in [2.24, 2.45) is 0 Å². The van der Waals surface area contributed by atoms with Crippen LogP contribution in [0.4, 0.5) is 22.1 Å². The fourth-order valence-corrected chi connectivity index (χ4v) is 4.76. The van der Waals surface area contributed by atoms with Crippen LogP contribution < -0.4 is 20.9 Å². The molecule has 0 spiro atoms. The van der Waals surface area contributed by atoms with Crippen molar-refractivity contribution >= 4 is 35.5 Å². The third-order valence-corrected chi connectivity index (χ3v) is 7.03. The summed E-state index contributed by atoms with van der Waals surface area (Å²) in [4.78, 5) is 47.6. The molecule has 37 heavy (non-hydrogen) atoms. The monoisotopic (exact) mass is 503 g/mol. The van der Waals surface area contributed by atoms with E-state index < -0.39 is 12.1 Å². The second-order valence-electron chi connectivity index (χ2n) is 9.54. The van der Waals surface area contributed by atoms with Crippen LogP contribution in [0.2, 0.25) is 0 Å². The standard InChI is InChI=1S/C26H29N7O4/c27-12-18-14-28-23(11-20(18)30-19-5-1-6-19)32-26(36)33-8-2-4-16-10-17(21(15-34)31-24(16)33)13-29-25(35)22-7-3-9-37-22/h10-11,14-15,19,22H,1-9,13H2,(H,29,35)(H2,28,30,32,36). The number of fused-ring (bicyclic) bond motifs is 1. The van der Waals surface area contributed by atoms with Crippen LogP contribution in [0.3, 0.4) is 0 Å². The molecule has 3 amide bonds. The highest BCUT2D eigenvalue weighted by atomic mass is 16.5. The average Bonchev–Trinajstić information content (AvgIpc) is 3.44. The van der Waals surface area contributed by atoms with Crippen LogP contribution in [-0.4, -0.2) is 53.5 Å². The van der Waals surface area contributed by atoms with E-state index in [9.17, 15) is 19.6 Å². The molecule has 2 aromatic heterocycles. The van der Waals surface area contributed by atoms with Gasteiger partial charge in [0.15, 0.2) is 6.29 Å². The predicted molar refractivity (Wildman–Crippen MR) is 135 cm³/mol. The van der Waals surface area contributed by atoms with Gasteiger partial charge in [0, 0.05) is 43.6 Å². The second kappa shape index (κ2) is 10.9. The lowest BCUT2D eigenvalue weighted by Crippen LogP contribution is -2.40. The highest BCUT2D eigenvalue weighted by molar-refractivity contribution is 6.02.